The van der Waals surface area contributed by atoms with Crippen LogP contribution >= 0.6 is 0 Å². The first-order valence-corrected chi connectivity index (χ1v) is 6.33. The lowest BCUT2D eigenvalue weighted by Crippen LogP contribution is -2.12. The molecule has 0 atom stereocenters. The van der Waals surface area contributed by atoms with Crippen LogP contribution in [-0.4, -0.2) is 26.6 Å². The molecule has 2 aromatic rings. The molecule has 96 valence electrons. The summed E-state index contributed by atoms with van der Waals surface area (Å²) < 4.78 is 7.19. The van der Waals surface area contributed by atoms with Gasteiger partial charge in [0.05, 0.1) is 13.4 Å². The molecule has 2 heterocycles. The Morgan fingerprint density at radius 2 is 2.06 bits per heavy atom. The predicted octanol–water partition coefficient (Wildman–Crippen LogP) is 1.92. The van der Waals surface area contributed by atoms with Gasteiger partial charge in [0, 0.05) is 6.04 Å². The Morgan fingerprint density at radius 1 is 1.28 bits per heavy atom. The number of hydrogen-bond acceptors (Lipinski definition) is 5. The fourth-order valence-corrected chi connectivity index (χ4v) is 2.64. The number of aromatic nitrogens is 4. The van der Waals surface area contributed by atoms with Gasteiger partial charge in [0.2, 0.25) is 0 Å². The fraction of sp³-hybridized carbons (Fsp3) is 0.583. The molecule has 1 saturated carbocycles. The molecule has 3 rings (SSSR count). The number of anilines is 1. The van der Waals surface area contributed by atoms with Crippen molar-refractivity contribution in [1.29, 1.82) is 0 Å². The van der Waals surface area contributed by atoms with Gasteiger partial charge in [-0.1, -0.05) is 19.3 Å². The average Bonchev–Trinajstić information content (AvgIpc) is 2.84. The third-order valence-corrected chi connectivity index (χ3v) is 3.58. The molecule has 1 fully saturated rings. The van der Waals surface area contributed by atoms with E-state index in [0.29, 0.717) is 23.4 Å². The highest BCUT2D eigenvalue weighted by molar-refractivity contribution is 5.82. The van der Waals surface area contributed by atoms with E-state index in [1.165, 1.54) is 32.1 Å². The van der Waals surface area contributed by atoms with Crippen molar-refractivity contribution in [1.82, 2.24) is 19.5 Å². The number of imidazole rings is 1. The van der Waals surface area contributed by atoms with E-state index in [2.05, 4.69) is 19.5 Å². The minimum Gasteiger partial charge on any atom is -0.467 e. The summed E-state index contributed by atoms with van der Waals surface area (Å²) in [6.45, 7) is 0. The topological polar surface area (TPSA) is 78.9 Å². The minimum atomic E-state index is 0.303. The van der Waals surface area contributed by atoms with Crippen LogP contribution < -0.4 is 10.5 Å². The molecule has 6 heteroatoms. The van der Waals surface area contributed by atoms with E-state index in [0.717, 1.165) is 5.65 Å². The Morgan fingerprint density at radius 3 is 2.78 bits per heavy atom. The normalized spacial score (nSPS) is 17.2. The van der Waals surface area contributed by atoms with Crippen molar-refractivity contribution in [3.63, 3.8) is 0 Å². The van der Waals surface area contributed by atoms with Crippen LogP contribution in [0.1, 0.15) is 38.1 Å². The van der Waals surface area contributed by atoms with Crippen LogP contribution in [0, 0.1) is 0 Å². The van der Waals surface area contributed by atoms with Gasteiger partial charge in [-0.3, -0.25) is 0 Å². The van der Waals surface area contributed by atoms with Gasteiger partial charge in [0.15, 0.2) is 17.0 Å². The van der Waals surface area contributed by atoms with Crippen molar-refractivity contribution in [2.45, 2.75) is 38.1 Å². The molecule has 0 amide bonds. The number of hydrogen-bond donors (Lipinski definition) is 1. The van der Waals surface area contributed by atoms with Crippen molar-refractivity contribution < 1.29 is 4.74 Å². The minimum absolute atomic E-state index is 0.303. The van der Waals surface area contributed by atoms with Crippen molar-refractivity contribution >= 4 is 17.0 Å². The summed E-state index contributed by atoms with van der Waals surface area (Å²) in [5, 5.41) is 0. The van der Waals surface area contributed by atoms with Crippen LogP contribution in [0.25, 0.3) is 11.2 Å². The molecule has 0 unspecified atom stereocenters. The van der Waals surface area contributed by atoms with E-state index in [4.69, 9.17) is 10.5 Å². The Labute approximate surface area is 105 Å². The van der Waals surface area contributed by atoms with Crippen molar-refractivity contribution in [3.8, 4) is 6.01 Å². The van der Waals surface area contributed by atoms with E-state index in [1.807, 2.05) is 6.33 Å². The Kier molecular flexibility index (Phi) is 2.77. The van der Waals surface area contributed by atoms with Gasteiger partial charge in [-0.2, -0.15) is 9.97 Å². The van der Waals surface area contributed by atoms with Gasteiger partial charge in [0.25, 0.3) is 0 Å². The summed E-state index contributed by atoms with van der Waals surface area (Å²) in [4.78, 5) is 12.7. The highest BCUT2D eigenvalue weighted by Crippen LogP contribution is 2.31. The number of rotatable bonds is 2. The summed E-state index contributed by atoms with van der Waals surface area (Å²) in [7, 11) is 1.54. The fourth-order valence-electron chi connectivity index (χ4n) is 2.64. The Balaban J connectivity index is 2.09. The average molecular weight is 247 g/mol. The molecular formula is C12H17N5O. The van der Waals surface area contributed by atoms with Gasteiger partial charge in [-0.05, 0) is 12.8 Å². The monoisotopic (exact) mass is 247 g/mol. The molecule has 1 aliphatic carbocycles. The maximum Gasteiger partial charge on any atom is 0.320 e. The smallest absolute Gasteiger partial charge is 0.320 e. The molecular weight excluding hydrogens is 230 g/mol. The van der Waals surface area contributed by atoms with Crippen molar-refractivity contribution in [3.05, 3.63) is 6.33 Å². The third-order valence-electron chi connectivity index (χ3n) is 3.58. The SMILES string of the molecule is COc1nc(N)c2ncn(C3CCCCC3)c2n1. The van der Waals surface area contributed by atoms with Crippen LogP contribution in [0.15, 0.2) is 6.33 Å². The number of nitrogens with two attached hydrogens (primary N) is 1. The van der Waals surface area contributed by atoms with E-state index >= 15 is 0 Å². The lowest BCUT2D eigenvalue weighted by Gasteiger charge is -2.23. The molecule has 0 saturated heterocycles. The van der Waals surface area contributed by atoms with Gasteiger partial charge in [0.1, 0.15) is 0 Å². The highest BCUT2D eigenvalue weighted by Gasteiger charge is 2.20. The zero-order valence-corrected chi connectivity index (χ0v) is 10.5. The summed E-state index contributed by atoms with van der Waals surface area (Å²) in [5.41, 5.74) is 7.32. The Bertz CT molecular complexity index is 559. The first-order valence-electron chi connectivity index (χ1n) is 6.33. The van der Waals surface area contributed by atoms with Gasteiger partial charge < -0.3 is 15.0 Å². The van der Waals surface area contributed by atoms with Crippen LogP contribution in [0.4, 0.5) is 5.82 Å². The Hall–Kier alpha value is -1.85. The summed E-state index contributed by atoms with van der Waals surface area (Å²) in [5.74, 6) is 0.381. The molecule has 0 radical (unpaired) electrons. The second-order valence-corrected chi connectivity index (χ2v) is 4.71. The quantitative estimate of drug-likeness (QED) is 0.877. The number of fused-ring (bicyclic) bond motifs is 1. The molecule has 1 aliphatic rings. The largest absolute Gasteiger partial charge is 0.467 e. The summed E-state index contributed by atoms with van der Waals surface area (Å²) in [6, 6.07) is 0.778. The van der Waals surface area contributed by atoms with Gasteiger partial charge >= 0.3 is 6.01 Å². The first-order chi connectivity index (χ1) is 8.79. The molecule has 2 aromatic heterocycles. The maximum atomic E-state index is 5.87. The van der Waals surface area contributed by atoms with Crippen molar-refractivity contribution in [2.75, 3.05) is 12.8 Å². The summed E-state index contributed by atoms with van der Waals surface area (Å²) in [6.07, 6.45) is 8.04. The van der Waals surface area contributed by atoms with E-state index in [1.54, 1.807) is 7.11 Å². The maximum absolute atomic E-state index is 5.87. The highest BCUT2D eigenvalue weighted by atomic mass is 16.5. The standard InChI is InChI=1S/C12H17N5O/c1-18-12-15-10(13)9-11(16-12)17(7-14-9)8-5-3-2-4-6-8/h7-8H,2-6H2,1H3,(H2,13,15,16). The van der Waals surface area contributed by atoms with Crippen LogP contribution in [-0.2, 0) is 0 Å². The lowest BCUT2D eigenvalue weighted by molar-refractivity contribution is 0.355. The molecule has 2 N–H and O–H groups in total. The van der Waals surface area contributed by atoms with Crippen LogP contribution in [0.5, 0.6) is 6.01 Å². The third kappa shape index (κ3) is 1.77. The molecule has 6 nitrogen and oxygen atoms in total. The molecule has 18 heavy (non-hydrogen) atoms. The molecule has 0 spiro atoms. The number of nitrogen functional groups attached to an aromatic ring is 1. The predicted molar refractivity (Wildman–Crippen MR) is 68.4 cm³/mol. The summed E-state index contributed by atoms with van der Waals surface area (Å²) >= 11 is 0. The lowest BCUT2D eigenvalue weighted by atomic mass is 9.95. The van der Waals surface area contributed by atoms with Crippen molar-refractivity contribution in [2.24, 2.45) is 0 Å². The number of nitrogens with zero attached hydrogens (tertiary/aromatic N) is 4. The molecule has 0 aliphatic heterocycles. The number of methoxy groups -OCH3 is 1. The molecule has 0 aromatic carbocycles. The first kappa shape index (κ1) is 11.3. The van der Waals surface area contributed by atoms with E-state index in [9.17, 15) is 0 Å². The van der Waals surface area contributed by atoms with Crippen LogP contribution in [0.2, 0.25) is 0 Å². The number of ether oxygens (including phenoxy) is 1. The van der Waals surface area contributed by atoms with Gasteiger partial charge in [-0.25, -0.2) is 4.98 Å². The van der Waals surface area contributed by atoms with Crippen LogP contribution in [0.3, 0.4) is 0 Å². The zero-order chi connectivity index (χ0) is 12.5. The molecule has 0 bridgehead atoms. The van der Waals surface area contributed by atoms with E-state index in [-0.39, 0.29) is 0 Å². The van der Waals surface area contributed by atoms with E-state index < -0.39 is 0 Å². The second-order valence-electron chi connectivity index (χ2n) is 4.71. The zero-order valence-electron chi connectivity index (χ0n) is 10.5. The van der Waals surface area contributed by atoms with Gasteiger partial charge in [-0.15, -0.1) is 0 Å². The second kappa shape index (κ2) is 4.44.